The third-order valence-corrected chi connectivity index (χ3v) is 2.02. The molecule has 0 atom stereocenters. The standard InChI is InChI=1S/C6H12OTe/c1-3-4-5-6(8)7-2/h3-5H2,1-2H3. The average Bonchev–Trinajstić information content (AvgIpc) is 1.83. The van der Waals surface area contributed by atoms with E-state index in [1.165, 1.54) is 12.8 Å². The maximum absolute atomic E-state index is 4.97. The van der Waals surface area contributed by atoms with E-state index in [2.05, 4.69) is 6.92 Å². The summed E-state index contributed by atoms with van der Waals surface area (Å²) in [6.07, 6.45) is 3.63. The van der Waals surface area contributed by atoms with Crippen LogP contribution in [0.2, 0.25) is 0 Å². The van der Waals surface area contributed by atoms with Crippen molar-refractivity contribution in [3.05, 3.63) is 0 Å². The number of methoxy groups -OCH3 is 1. The molecule has 0 fully saturated rings. The summed E-state index contributed by atoms with van der Waals surface area (Å²) in [5.41, 5.74) is 0. The van der Waals surface area contributed by atoms with Gasteiger partial charge in [-0.25, -0.2) is 0 Å². The van der Waals surface area contributed by atoms with E-state index in [0.717, 1.165) is 10.2 Å². The second kappa shape index (κ2) is 5.59. The Kier molecular flexibility index (Phi) is 5.92. The van der Waals surface area contributed by atoms with Gasteiger partial charge >= 0.3 is 63.6 Å². The first-order valence-electron chi connectivity index (χ1n) is 2.88. The van der Waals surface area contributed by atoms with E-state index in [-0.39, 0.29) is 0 Å². The molecule has 1 nitrogen and oxygen atoms in total. The van der Waals surface area contributed by atoms with Crippen molar-refractivity contribution in [1.82, 2.24) is 0 Å². The Morgan fingerprint density at radius 2 is 2.25 bits per heavy atom. The van der Waals surface area contributed by atoms with Gasteiger partial charge in [0.25, 0.3) is 0 Å². The Morgan fingerprint density at radius 3 is 2.62 bits per heavy atom. The maximum atomic E-state index is 4.97. The summed E-state index contributed by atoms with van der Waals surface area (Å²) in [6.45, 7) is 2.18. The van der Waals surface area contributed by atoms with Crippen molar-refractivity contribution >= 4 is 25.6 Å². The fourth-order valence-electron chi connectivity index (χ4n) is 0.423. The van der Waals surface area contributed by atoms with Gasteiger partial charge in [0.2, 0.25) is 0 Å². The molecule has 48 valence electrons. The molecule has 0 aliphatic carbocycles. The third kappa shape index (κ3) is 4.61. The summed E-state index contributed by atoms with van der Waals surface area (Å²) in [6, 6.07) is 0. The molecule has 2 heteroatoms. The Labute approximate surface area is 63.8 Å². The molecule has 0 unspecified atom stereocenters. The van der Waals surface area contributed by atoms with E-state index in [0.29, 0.717) is 0 Å². The zero-order valence-corrected chi connectivity index (χ0v) is 7.77. The number of ether oxygens (including phenoxy) is 1. The predicted octanol–water partition coefficient (Wildman–Crippen LogP) is 1.12. The minimum atomic E-state index is 1.12. The molecule has 0 amide bonds. The summed E-state index contributed by atoms with van der Waals surface area (Å²) in [5.74, 6) is 0. The van der Waals surface area contributed by atoms with Crippen LogP contribution in [-0.4, -0.2) is 32.7 Å². The fraction of sp³-hybridized carbons (Fsp3) is 0.833. The topological polar surface area (TPSA) is 9.23 Å². The van der Waals surface area contributed by atoms with Crippen molar-refractivity contribution in [2.45, 2.75) is 26.2 Å². The fourth-order valence-corrected chi connectivity index (χ4v) is 0.835. The molecule has 0 aromatic rings. The van der Waals surface area contributed by atoms with E-state index < -0.39 is 0 Å². The second-order valence-electron chi connectivity index (χ2n) is 1.68. The molecule has 0 aromatic heterocycles. The summed E-state index contributed by atoms with van der Waals surface area (Å²) in [5, 5.41) is 0. The van der Waals surface area contributed by atoms with E-state index in [9.17, 15) is 0 Å². The average molecular weight is 228 g/mol. The van der Waals surface area contributed by atoms with Crippen LogP contribution in [0, 0.1) is 0 Å². The predicted molar refractivity (Wildman–Crippen MR) is 37.3 cm³/mol. The van der Waals surface area contributed by atoms with Crippen LogP contribution in [-0.2, 0) is 4.74 Å². The zero-order chi connectivity index (χ0) is 6.41. The van der Waals surface area contributed by atoms with Crippen LogP contribution < -0.4 is 0 Å². The molecule has 0 bridgehead atoms. The number of hydrogen-bond acceptors (Lipinski definition) is 1. The molecule has 0 rings (SSSR count). The van der Waals surface area contributed by atoms with Gasteiger partial charge in [0, 0.05) is 0 Å². The van der Waals surface area contributed by atoms with Crippen molar-refractivity contribution < 1.29 is 4.74 Å². The van der Waals surface area contributed by atoms with E-state index in [4.69, 9.17) is 4.74 Å². The molecule has 0 spiro atoms. The van der Waals surface area contributed by atoms with Crippen molar-refractivity contribution in [1.29, 1.82) is 0 Å². The summed E-state index contributed by atoms with van der Waals surface area (Å²) in [4.78, 5) is 0. The van der Waals surface area contributed by atoms with E-state index in [1.807, 2.05) is 21.8 Å². The molecule has 0 aromatic carbocycles. The summed E-state index contributed by atoms with van der Waals surface area (Å²) < 4.78 is 6.13. The van der Waals surface area contributed by atoms with Crippen LogP contribution in [0.1, 0.15) is 26.2 Å². The van der Waals surface area contributed by atoms with Gasteiger partial charge < -0.3 is 0 Å². The first kappa shape index (κ1) is 8.46. The van der Waals surface area contributed by atoms with Gasteiger partial charge in [0.05, 0.1) is 0 Å². The van der Waals surface area contributed by atoms with E-state index in [1.54, 1.807) is 7.11 Å². The molecule has 0 N–H and O–H groups in total. The van der Waals surface area contributed by atoms with Crippen LogP contribution in [0.4, 0.5) is 0 Å². The number of hydrogen-bond donors (Lipinski definition) is 0. The van der Waals surface area contributed by atoms with Gasteiger partial charge in [-0.3, -0.25) is 0 Å². The second-order valence-corrected chi connectivity index (χ2v) is 2.98. The van der Waals surface area contributed by atoms with Crippen molar-refractivity contribution in [2.75, 3.05) is 7.11 Å². The molecule has 0 saturated heterocycles. The number of unbranched alkanes of at least 4 members (excludes halogenated alkanes) is 1. The van der Waals surface area contributed by atoms with Gasteiger partial charge in [0.1, 0.15) is 0 Å². The monoisotopic (exact) mass is 230 g/mol. The van der Waals surface area contributed by atoms with Crippen LogP contribution in [0.5, 0.6) is 0 Å². The Bertz CT molecular complexity index is 70.9. The normalized spacial score (nSPS) is 8.75. The van der Waals surface area contributed by atoms with Gasteiger partial charge in [-0.1, -0.05) is 0 Å². The SMILES string of the molecule is CCCCC(=[Te])OC. The summed E-state index contributed by atoms with van der Waals surface area (Å²) >= 11 is 1.96. The molecule has 0 aliphatic rings. The third-order valence-electron chi connectivity index (χ3n) is 0.962. The van der Waals surface area contributed by atoms with Crippen molar-refractivity contribution in [3.63, 3.8) is 0 Å². The van der Waals surface area contributed by atoms with Crippen LogP contribution >= 0.6 is 0 Å². The van der Waals surface area contributed by atoms with Gasteiger partial charge in [-0.05, 0) is 0 Å². The first-order valence-corrected chi connectivity index (χ1v) is 4.04. The molecule has 0 radical (unpaired) electrons. The molecule has 0 aliphatic heterocycles. The zero-order valence-electron chi connectivity index (χ0n) is 5.44. The molecule has 0 saturated carbocycles. The molecule has 0 heterocycles. The van der Waals surface area contributed by atoms with Crippen molar-refractivity contribution in [2.24, 2.45) is 0 Å². The molecule has 8 heavy (non-hydrogen) atoms. The summed E-state index contributed by atoms with van der Waals surface area (Å²) in [7, 11) is 1.73. The Morgan fingerprint density at radius 1 is 1.62 bits per heavy atom. The molecular formula is C6H12OTe. The van der Waals surface area contributed by atoms with Gasteiger partial charge in [-0.2, -0.15) is 0 Å². The van der Waals surface area contributed by atoms with Gasteiger partial charge in [0.15, 0.2) is 0 Å². The van der Waals surface area contributed by atoms with Crippen molar-refractivity contribution in [3.8, 4) is 0 Å². The Balaban J connectivity index is 2.99. The van der Waals surface area contributed by atoms with E-state index >= 15 is 0 Å². The minimum absolute atomic E-state index is 1.12. The van der Waals surface area contributed by atoms with Gasteiger partial charge in [-0.15, -0.1) is 0 Å². The van der Waals surface area contributed by atoms with Crippen LogP contribution in [0.3, 0.4) is 0 Å². The molecular weight excluding hydrogens is 216 g/mol. The van der Waals surface area contributed by atoms with Crippen LogP contribution in [0.25, 0.3) is 0 Å². The first-order chi connectivity index (χ1) is 3.81. The quantitative estimate of drug-likeness (QED) is 0.655. The number of rotatable bonds is 4. The Hall–Kier alpha value is 0.460. The van der Waals surface area contributed by atoms with Crippen LogP contribution in [0.15, 0.2) is 0 Å².